The Hall–Kier alpha value is -2.64. The predicted octanol–water partition coefficient (Wildman–Crippen LogP) is 3.92. The van der Waals surface area contributed by atoms with Gasteiger partial charge in [0, 0.05) is 23.7 Å². The van der Waals surface area contributed by atoms with Gasteiger partial charge in [0.05, 0.1) is 24.8 Å². The molecule has 0 aliphatic carbocycles. The van der Waals surface area contributed by atoms with Gasteiger partial charge in [0.25, 0.3) is 11.7 Å². The van der Waals surface area contributed by atoms with Crippen molar-refractivity contribution in [3.63, 3.8) is 0 Å². The SMILES string of the molecule is CCOc1ccc(/C(O)=C2\C(=O)C(=O)N(CCOC)C2c2cccc(Br)c2)cc1. The van der Waals surface area contributed by atoms with Gasteiger partial charge in [-0.1, -0.05) is 28.1 Å². The van der Waals surface area contributed by atoms with E-state index >= 15 is 0 Å². The quantitative estimate of drug-likeness (QED) is 0.385. The number of halogens is 1. The first-order valence-electron chi connectivity index (χ1n) is 9.24. The average molecular weight is 460 g/mol. The van der Waals surface area contributed by atoms with Crippen molar-refractivity contribution in [3.8, 4) is 5.75 Å². The number of methoxy groups -OCH3 is 1. The van der Waals surface area contributed by atoms with Crippen molar-refractivity contribution in [1.82, 2.24) is 4.90 Å². The number of carbonyl (C=O) groups is 2. The van der Waals surface area contributed by atoms with Crippen LogP contribution in [0, 0.1) is 0 Å². The number of benzene rings is 2. The fourth-order valence-corrected chi connectivity index (χ4v) is 3.77. The third-order valence-electron chi connectivity index (χ3n) is 4.68. The van der Waals surface area contributed by atoms with Gasteiger partial charge >= 0.3 is 0 Å². The first kappa shape index (κ1) is 21.1. The molecular formula is C22H22BrNO5. The summed E-state index contributed by atoms with van der Waals surface area (Å²) in [5.41, 5.74) is 1.23. The molecule has 2 aromatic rings. The van der Waals surface area contributed by atoms with E-state index in [0.29, 0.717) is 17.9 Å². The zero-order valence-electron chi connectivity index (χ0n) is 16.2. The minimum atomic E-state index is -0.711. The molecule has 152 valence electrons. The molecule has 1 N–H and O–H groups in total. The Bertz CT molecular complexity index is 938. The Morgan fingerprint density at radius 2 is 1.90 bits per heavy atom. The molecule has 7 heteroatoms. The summed E-state index contributed by atoms with van der Waals surface area (Å²) < 4.78 is 11.3. The van der Waals surface area contributed by atoms with Crippen molar-refractivity contribution in [2.75, 3.05) is 26.9 Å². The van der Waals surface area contributed by atoms with Crippen LogP contribution < -0.4 is 4.74 Å². The molecule has 1 aliphatic rings. The zero-order chi connectivity index (χ0) is 21.0. The first-order chi connectivity index (χ1) is 14.0. The van der Waals surface area contributed by atoms with E-state index in [1.807, 2.05) is 31.2 Å². The van der Waals surface area contributed by atoms with Crippen LogP contribution in [0.25, 0.3) is 5.76 Å². The highest BCUT2D eigenvalue weighted by Crippen LogP contribution is 2.40. The number of ether oxygens (including phenoxy) is 2. The van der Waals surface area contributed by atoms with Crippen LogP contribution in [0.1, 0.15) is 24.1 Å². The molecule has 0 radical (unpaired) electrons. The van der Waals surface area contributed by atoms with Crippen LogP contribution in [0.2, 0.25) is 0 Å². The van der Waals surface area contributed by atoms with E-state index in [0.717, 1.165) is 10.0 Å². The lowest BCUT2D eigenvalue weighted by Crippen LogP contribution is -2.32. The van der Waals surface area contributed by atoms with E-state index in [9.17, 15) is 14.7 Å². The van der Waals surface area contributed by atoms with E-state index in [-0.39, 0.29) is 24.5 Å². The zero-order valence-corrected chi connectivity index (χ0v) is 17.8. The molecule has 0 saturated carbocycles. The van der Waals surface area contributed by atoms with Crippen molar-refractivity contribution in [2.24, 2.45) is 0 Å². The van der Waals surface area contributed by atoms with E-state index in [4.69, 9.17) is 9.47 Å². The van der Waals surface area contributed by atoms with E-state index in [1.165, 1.54) is 12.0 Å². The maximum Gasteiger partial charge on any atom is 0.295 e. The van der Waals surface area contributed by atoms with Crippen LogP contribution in [0.4, 0.5) is 0 Å². The van der Waals surface area contributed by atoms with Crippen LogP contribution in [0.5, 0.6) is 5.75 Å². The first-order valence-corrected chi connectivity index (χ1v) is 10.0. The lowest BCUT2D eigenvalue weighted by Gasteiger charge is -2.25. The van der Waals surface area contributed by atoms with Crippen LogP contribution >= 0.6 is 15.9 Å². The van der Waals surface area contributed by atoms with Crippen LogP contribution in [-0.4, -0.2) is 48.6 Å². The van der Waals surface area contributed by atoms with Crippen LogP contribution in [-0.2, 0) is 14.3 Å². The van der Waals surface area contributed by atoms with E-state index in [1.54, 1.807) is 24.3 Å². The predicted molar refractivity (Wildman–Crippen MR) is 113 cm³/mol. The number of rotatable bonds is 7. The number of likely N-dealkylation sites (tertiary alicyclic amines) is 1. The molecular weight excluding hydrogens is 438 g/mol. The molecule has 1 fully saturated rings. The third kappa shape index (κ3) is 4.36. The number of carbonyl (C=O) groups excluding carboxylic acids is 2. The summed E-state index contributed by atoms with van der Waals surface area (Å²) in [6.07, 6.45) is 0. The summed E-state index contributed by atoms with van der Waals surface area (Å²) in [5, 5.41) is 11.0. The monoisotopic (exact) mass is 459 g/mol. The van der Waals surface area contributed by atoms with Crippen molar-refractivity contribution >= 4 is 33.4 Å². The number of Topliss-reactive ketones (excluding diaryl/α,β-unsaturated/α-hetero) is 1. The number of hydrogen-bond donors (Lipinski definition) is 1. The maximum absolute atomic E-state index is 12.8. The Morgan fingerprint density at radius 3 is 2.52 bits per heavy atom. The third-order valence-corrected chi connectivity index (χ3v) is 5.17. The second-order valence-electron chi connectivity index (χ2n) is 6.50. The minimum absolute atomic E-state index is 0.0633. The normalized spacial score (nSPS) is 18.3. The number of nitrogens with zero attached hydrogens (tertiary/aromatic N) is 1. The fraction of sp³-hybridized carbons (Fsp3) is 0.273. The molecule has 2 aromatic carbocycles. The Labute approximate surface area is 177 Å². The molecule has 0 spiro atoms. The molecule has 3 rings (SSSR count). The number of aliphatic hydroxyl groups excluding tert-OH is 1. The molecule has 0 bridgehead atoms. The minimum Gasteiger partial charge on any atom is -0.507 e. The lowest BCUT2D eigenvalue weighted by atomic mass is 9.95. The van der Waals surface area contributed by atoms with Gasteiger partial charge in [0.2, 0.25) is 0 Å². The fourth-order valence-electron chi connectivity index (χ4n) is 3.35. The Balaban J connectivity index is 2.10. The molecule has 1 atom stereocenters. The Kier molecular flexibility index (Phi) is 6.71. The summed E-state index contributed by atoms with van der Waals surface area (Å²) in [6.45, 7) is 2.92. The van der Waals surface area contributed by atoms with E-state index in [2.05, 4.69) is 15.9 Å². The second-order valence-corrected chi connectivity index (χ2v) is 7.41. The van der Waals surface area contributed by atoms with Gasteiger partial charge < -0.3 is 19.5 Å². The van der Waals surface area contributed by atoms with Crippen molar-refractivity contribution in [1.29, 1.82) is 0 Å². The van der Waals surface area contributed by atoms with Crippen LogP contribution in [0.15, 0.2) is 58.6 Å². The molecule has 1 amide bonds. The largest absolute Gasteiger partial charge is 0.507 e. The molecule has 1 heterocycles. The Morgan fingerprint density at radius 1 is 1.17 bits per heavy atom. The highest BCUT2D eigenvalue weighted by Gasteiger charge is 2.45. The molecule has 6 nitrogen and oxygen atoms in total. The molecule has 1 saturated heterocycles. The van der Waals surface area contributed by atoms with E-state index < -0.39 is 17.7 Å². The van der Waals surface area contributed by atoms with Gasteiger partial charge in [0.1, 0.15) is 11.5 Å². The number of hydrogen-bond acceptors (Lipinski definition) is 5. The van der Waals surface area contributed by atoms with Crippen molar-refractivity contribution in [3.05, 3.63) is 69.7 Å². The summed E-state index contributed by atoms with van der Waals surface area (Å²) in [5.74, 6) is -0.915. The lowest BCUT2D eigenvalue weighted by molar-refractivity contribution is -0.140. The average Bonchev–Trinajstić information content (AvgIpc) is 2.97. The van der Waals surface area contributed by atoms with Crippen LogP contribution in [0.3, 0.4) is 0 Å². The smallest absolute Gasteiger partial charge is 0.295 e. The summed E-state index contributed by atoms with van der Waals surface area (Å²) >= 11 is 3.43. The summed E-state index contributed by atoms with van der Waals surface area (Å²) in [4.78, 5) is 27.0. The van der Waals surface area contributed by atoms with Gasteiger partial charge in [-0.3, -0.25) is 9.59 Å². The van der Waals surface area contributed by atoms with Crippen molar-refractivity contribution in [2.45, 2.75) is 13.0 Å². The summed E-state index contributed by atoms with van der Waals surface area (Å²) in [7, 11) is 1.53. The molecule has 1 unspecified atom stereocenters. The highest BCUT2D eigenvalue weighted by molar-refractivity contribution is 9.10. The number of amides is 1. The standard InChI is InChI=1S/C22H22BrNO5/c1-3-29-17-9-7-14(8-10-17)20(25)18-19(15-5-4-6-16(23)13-15)24(11-12-28-2)22(27)21(18)26/h4-10,13,19,25H,3,11-12H2,1-2H3/b20-18+. The van der Waals surface area contributed by atoms with Gasteiger partial charge in [0.15, 0.2) is 0 Å². The molecule has 1 aliphatic heterocycles. The number of ketones is 1. The maximum atomic E-state index is 12.8. The highest BCUT2D eigenvalue weighted by atomic mass is 79.9. The van der Waals surface area contributed by atoms with Gasteiger partial charge in [-0.05, 0) is 48.9 Å². The number of aliphatic hydroxyl groups is 1. The van der Waals surface area contributed by atoms with Crippen molar-refractivity contribution < 1.29 is 24.2 Å². The summed E-state index contributed by atoms with van der Waals surface area (Å²) in [6, 6.07) is 13.4. The van der Waals surface area contributed by atoms with Gasteiger partial charge in [-0.2, -0.15) is 0 Å². The molecule has 0 aromatic heterocycles. The van der Waals surface area contributed by atoms with Gasteiger partial charge in [-0.15, -0.1) is 0 Å². The van der Waals surface area contributed by atoms with Gasteiger partial charge in [-0.25, -0.2) is 0 Å². The molecule has 29 heavy (non-hydrogen) atoms. The second kappa shape index (κ2) is 9.24. The topological polar surface area (TPSA) is 76.1 Å².